The van der Waals surface area contributed by atoms with Gasteiger partial charge in [-0.1, -0.05) is 26.3 Å². The number of carbonyl (C=O) groups excluding carboxylic acids is 1. The van der Waals surface area contributed by atoms with Crippen LogP contribution in [0.1, 0.15) is 54.6 Å². The van der Waals surface area contributed by atoms with E-state index in [0.717, 1.165) is 19.3 Å². The van der Waals surface area contributed by atoms with E-state index >= 15 is 0 Å². The molecule has 1 aliphatic rings. The van der Waals surface area contributed by atoms with Gasteiger partial charge in [-0.3, -0.25) is 4.79 Å². The van der Waals surface area contributed by atoms with Crippen molar-refractivity contribution in [3.8, 4) is 0 Å². The number of carbonyl (C=O) groups is 2. The van der Waals surface area contributed by atoms with E-state index in [-0.39, 0.29) is 11.8 Å². The van der Waals surface area contributed by atoms with Gasteiger partial charge in [0.2, 0.25) is 0 Å². The molecule has 0 heterocycles. The molecule has 0 spiro atoms. The van der Waals surface area contributed by atoms with Crippen LogP contribution in [0.5, 0.6) is 0 Å². The Morgan fingerprint density at radius 2 is 1.90 bits per heavy atom. The normalized spacial score (nSPS) is 16.7. The predicted octanol–water partition coefficient (Wildman–Crippen LogP) is 2.79. The van der Waals surface area contributed by atoms with E-state index in [2.05, 4.69) is 5.32 Å². The first-order valence-corrected chi connectivity index (χ1v) is 7.68. The van der Waals surface area contributed by atoms with E-state index in [9.17, 15) is 14.7 Å². The Labute approximate surface area is 125 Å². The Balaban J connectivity index is 2.14. The molecule has 2 N–H and O–H groups in total. The van der Waals surface area contributed by atoms with Crippen LogP contribution in [0.15, 0.2) is 18.2 Å². The molecular formula is C17H23NO3. The molecule has 0 aliphatic heterocycles. The maximum atomic E-state index is 12.3. The van der Waals surface area contributed by atoms with Crippen LogP contribution >= 0.6 is 0 Å². The van der Waals surface area contributed by atoms with Crippen LogP contribution in [0.4, 0.5) is 0 Å². The van der Waals surface area contributed by atoms with Crippen LogP contribution in [0, 0.1) is 5.92 Å². The Hall–Kier alpha value is -1.84. The Kier molecular flexibility index (Phi) is 4.99. The van der Waals surface area contributed by atoms with Gasteiger partial charge in [0.25, 0.3) is 5.91 Å². The number of hydrogen-bond acceptors (Lipinski definition) is 2. The summed E-state index contributed by atoms with van der Waals surface area (Å²) in [4.78, 5) is 23.6. The molecule has 2 atom stereocenters. The maximum absolute atomic E-state index is 12.3. The van der Waals surface area contributed by atoms with Gasteiger partial charge in [0.15, 0.2) is 0 Å². The summed E-state index contributed by atoms with van der Waals surface area (Å²) in [6, 6.07) is 4.88. The van der Waals surface area contributed by atoms with E-state index in [0.29, 0.717) is 12.0 Å². The standard InChI is InChI=1S/C17H23NO3/c1-3-11(2)15(17(20)21)18-16(19)14-9-8-12-6-4-5-7-13(12)10-14/h8-11,15H,3-7H2,1-2H3,(H,18,19)(H,20,21)/t11-,15-/m0/s1. The summed E-state index contributed by atoms with van der Waals surface area (Å²) in [7, 11) is 0. The maximum Gasteiger partial charge on any atom is 0.326 e. The van der Waals surface area contributed by atoms with E-state index < -0.39 is 12.0 Å². The number of carboxylic acids is 1. The third-order valence-electron chi connectivity index (χ3n) is 4.38. The monoisotopic (exact) mass is 289 g/mol. The van der Waals surface area contributed by atoms with Gasteiger partial charge in [0.1, 0.15) is 6.04 Å². The van der Waals surface area contributed by atoms with Crippen LogP contribution in [-0.4, -0.2) is 23.0 Å². The van der Waals surface area contributed by atoms with E-state index in [1.807, 2.05) is 26.0 Å². The molecule has 0 radical (unpaired) electrons. The molecule has 0 aromatic heterocycles. The lowest BCUT2D eigenvalue weighted by Gasteiger charge is -2.21. The van der Waals surface area contributed by atoms with Crippen molar-refractivity contribution in [2.45, 2.75) is 52.0 Å². The van der Waals surface area contributed by atoms with E-state index in [1.165, 1.54) is 17.5 Å². The summed E-state index contributed by atoms with van der Waals surface area (Å²) < 4.78 is 0. The lowest BCUT2D eigenvalue weighted by Crippen LogP contribution is -2.45. The number of amides is 1. The molecule has 1 amide bonds. The molecule has 1 aliphatic carbocycles. The summed E-state index contributed by atoms with van der Waals surface area (Å²) in [6.07, 6.45) is 5.14. The highest BCUT2D eigenvalue weighted by atomic mass is 16.4. The second-order valence-corrected chi connectivity index (χ2v) is 5.87. The third kappa shape index (κ3) is 3.63. The second kappa shape index (κ2) is 6.74. The number of aliphatic carboxylic acids is 1. The largest absolute Gasteiger partial charge is 0.480 e. The third-order valence-corrected chi connectivity index (χ3v) is 4.38. The summed E-state index contributed by atoms with van der Waals surface area (Å²) in [5.74, 6) is -1.36. The first kappa shape index (κ1) is 15.5. The van der Waals surface area contributed by atoms with Gasteiger partial charge in [-0.25, -0.2) is 4.79 Å². The highest BCUT2D eigenvalue weighted by molar-refractivity contribution is 5.96. The molecule has 0 saturated carbocycles. The van der Waals surface area contributed by atoms with Crippen LogP contribution in [0.25, 0.3) is 0 Å². The minimum atomic E-state index is -0.976. The molecule has 1 aromatic carbocycles. The Morgan fingerprint density at radius 3 is 2.52 bits per heavy atom. The molecule has 1 aromatic rings. The molecule has 21 heavy (non-hydrogen) atoms. The van der Waals surface area contributed by atoms with E-state index in [1.54, 1.807) is 6.07 Å². The number of fused-ring (bicyclic) bond motifs is 1. The molecule has 4 heteroatoms. The smallest absolute Gasteiger partial charge is 0.326 e. The number of benzene rings is 1. The molecule has 0 bridgehead atoms. The van der Waals surface area contributed by atoms with Gasteiger partial charge in [-0.15, -0.1) is 0 Å². The Bertz CT molecular complexity index is 539. The van der Waals surface area contributed by atoms with Crippen molar-refractivity contribution in [1.29, 1.82) is 0 Å². The fraction of sp³-hybridized carbons (Fsp3) is 0.529. The molecule has 0 saturated heterocycles. The number of carboxylic acid groups (broad SMARTS) is 1. The Morgan fingerprint density at radius 1 is 1.24 bits per heavy atom. The SMILES string of the molecule is CC[C@H](C)[C@H](NC(=O)c1ccc2c(c1)CCCC2)C(=O)O. The average Bonchev–Trinajstić information content (AvgIpc) is 2.50. The second-order valence-electron chi connectivity index (χ2n) is 5.87. The van der Waals surface area contributed by atoms with Crippen LogP contribution in [0.3, 0.4) is 0 Å². The van der Waals surface area contributed by atoms with E-state index in [4.69, 9.17) is 0 Å². The average molecular weight is 289 g/mol. The fourth-order valence-corrected chi connectivity index (χ4v) is 2.78. The molecule has 0 unspecified atom stereocenters. The zero-order valence-electron chi connectivity index (χ0n) is 12.7. The summed E-state index contributed by atoms with van der Waals surface area (Å²) >= 11 is 0. The first-order valence-electron chi connectivity index (χ1n) is 7.68. The van der Waals surface area contributed by atoms with Gasteiger partial charge in [-0.2, -0.15) is 0 Å². The first-order chi connectivity index (χ1) is 10.0. The minimum absolute atomic E-state index is 0.0934. The zero-order valence-corrected chi connectivity index (χ0v) is 12.7. The summed E-state index contributed by atoms with van der Waals surface area (Å²) in [5, 5.41) is 11.9. The van der Waals surface area contributed by atoms with Gasteiger partial charge in [0, 0.05) is 5.56 Å². The zero-order chi connectivity index (χ0) is 15.4. The molecule has 4 nitrogen and oxygen atoms in total. The molecular weight excluding hydrogens is 266 g/mol. The lowest BCUT2D eigenvalue weighted by atomic mass is 9.90. The summed E-state index contributed by atoms with van der Waals surface area (Å²) in [6.45, 7) is 3.76. The number of nitrogens with one attached hydrogen (secondary N) is 1. The number of hydrogen-bond donors (Lipinski definition) is 2. The van der Waals surface area contributed by atoms with Gasteiger partial charge < -0.3 is 10.4 Å². The van der Waals surface area contributed by atoms with Crippen molar-refractivity contribution in [2.75, 3.05) is 0 Å². The van der Waals surface area contributed by atoms with Gasteiger partial charge in [-0.05, 0) is 54.9 Å². The fourth-order valence-electron chi connectivity index (χ4n) is 2.78. The highest BCUT2D eigenvalue weighted by Crippen LogP contribution is 2.22. The number of aryl methyl sites for hydroxylation is 2. The van der Waals surface area contributed by atoms with Crippen molar-refractivity contribution in [3.63, 3.8) is 0 Å². The van der Waals surface area contributed by atoms with Gasteiger partial charge >= 0.3 is 5.97 Å². The molecule has 2 rings (SSSR count). The van der Waals surface area contributed by atoms with Crippen LogP contribution in [0.2, 0.25) is 0 Å². The number of rotatable bonds is 5. The molecule has 114 valence electrons. The van der Waals surface area contributed by atoms with Crippen molar-refractivity contribution in [1.82, 2.24) is 5.32 Å². The topological polar surface area (TPSA) is 66.4 Å². The quantitative estimate of drug-likeness (QED) is 0.876. The highest BCUT2D eigenvalue weighted by Gasteiger charge is 2.26. The predicted molar refractivity (Wildman–Crippen MR) is 81.4 cm³/mol. The van der Waals surface area contributed by atoms with Crippen LogP contribution in [-0.2, 0) is 17.6 Å². The molecule has 0 fully saturated rings. The van der Waals surface area contributed by atoms with Crippen LogP contribution < -0.4 is 5.32 Å². The summed E-state index contributed by atoms with van der Waals surface area (Å²) in [5.41, 5.74) is 3.10. The van der Waals surface area contributed by atoms with Gasteiger partial charge in [0.05, 0.1) is 0 Å². The van der Waals surface area contributed by atoms with Crippen molar-refractivity contribution in [3.05, 3.63) is 34.9 Å². The minimum Gasteiger partial charge on any atom is -0.480 e. The van der Waals surface area contributed by atoms with Crippen molar-refractivity contribution in [2.24, 2.45) is 5.92 Å². The lowest BCUT2D eigenvalue weighted by molar-refractivity contribution is -0.140. The van der Waals surface area contributed by atoms with Crippen molar-refractivity contribution < 1.29 is 14.7 Å². The van der Waals surface area contributed by atoms with Crippen molar-refractivity contribution >= 4 is 11.9 Å².